The van der Waals surface area contributed by atoms with E-state index in [1.165, 1.54) is 0 Å². The van der Waals surface area contributed by atoms with Gasteiger partial charge in [0.25, 0.3) is 0 Å². The highest BCUT2D eigenvalue weighted by Crippen LogP contribution is 2.04. The monoisotopic (exact) mass is 156 g/mol. The summed E-state index contributed by atoms with van der Waals surface area (Å²) in [7, 11) is 0. The van der Waals surface area contributed by atoms with E-state index in [-0.39, 0.29) is 11.6 Å². The summed E-state index contributed by atoms with van der Waals surface area (Å²) in [5.41, 5.74) is 2.61. The van der Waals surface area contributed by atoms with E-state index in [4.69, 9.17) is 10.1 Å². The van der Waals surface area contributed by atoms with Crippen LogP contribution in [0.4, 0.5) is 0 Å². The number of hydroxylamine groups is 1. The highest BCUT2D eigenvalue weighted by molar-refractivity contribution is 4.75. The van der Waals surface area contributed by atoms with Gasteiger partial charge in [-0.15, -0.1) is 0 Å². The van der Waals surface area contributed by atoms with Crippen LogP contribution in [0.1, 0.15) is 34.1 Å². The van der Waals surface area contributed by atoms with Gasteiger partial charge in [0.05, 0.1) is 18.1 Å². The fourth-order valence-electron chi connectivity index (χ4n) is 0.456. The average molecular weight is 156 g/mol. The van der Waals surface area contributed by atoms with Gasteiger partial charge < -0.3 is 0 Å². The molecule has 0 fully saturated rings. The Bertz CT molecular complexity index is 143. The van der Waals surface area contributed by atoms with Crippen LogP contribution in [0.2, 0.25) is 0 Å². The van der Waals surface area contributed by atoms with Crippen molar-refractivity contribution in [2.24, 2.45) is 0 Å². The molecule has 0 amide bonds. The van der Waals surface area contributed by atoms with Gasteiger partial charge >= 0.3 is 0 Å². The van der Waals surface area contributed by atoms with Gasteiger partial charge in [-0.2, -0.15) is 10.7 Å². The predicted octanol–water partition coefficient (Wildman–Crippen LogP) is 1.61. The van der Waals surface area contributed by atoms with Gasteiger partial charge in [-0.05, 0) is 27.7 Å². The summed E-state index contributed by atoms with van der Waals surface area (Å²) in [6.45, 7) is 7.78. The largest absolute Gasteiger partial charge is 0.296 e. The first kappa shape index (κ1) is 10.4. The third-order valence-corrected chi connectivity index (χ3v) is 0.964. The van der Waals surface area contributed by atoms with Crippen molar-refractivity contribution in [3.05, 3.63) is 0 Å². The highest BCUT2D eigenvalue weighted by atomic mass is 16.7. The minimum atomic E-state index is -0.191. The lowest BCUT2D eigenvalue weighted by atomic mass is 10.2. The molecule has 0 spiro atoms. The Morgan fingerprint density at radius 1 is 1.55 bits per heavy atom. The molecule has 0 rings (SSSR count). The zero-order chi connectivity index (χ0) is 8.91. The smallest absolute Gasteiger partial charge is 0.0813 e. The van der Waals surface area contributed by atoms with E-state index < -0.39 is 0 Å². The number of nitrogens with zero attached hydrogens (tertiary/aromatic N) is 1. The van der Waals surface area contributed by atoms with Crippen LogP contribution in [0.15, 0.2) is 0 Å². The van der Waals surface area contributed by atoms with Crippen molar-refractivity contribution in [1.29, 1.82) is 5.26 Å². The molecule has 0 saturated carbocycles. The minimum absolute atomic E-state index is 0.0965. The fourth-order valence-corrected chi connectivity index (χ4v) is 0.456. The molecule has 3 heteroatoms. The maximum atomic E-state index is 8.32. The third-order valence-electron chi connectivity index (χ3n) is 0.964. The molecule has 0 saturated heterocycles. The summed E-state index contributed by atoms with van der Waals surface area (Å²) < 4.78 is 0. The zero-order valence-electron chi connectivity index (χ0n) is 7.64. The molecule has 1 unspecified atom stereocenters. The quantitative estimate of drug-likeness (QED) is 0.631. The Hall–Kier alpha value is -0.590. The standard InChI is InChI=1S/C8H16N2O/c1-7(5-6-9)10-11-8(2,3)4/h7,10H,5H2,1-4H3. The van der Waals surface area contributed by atoms with E-state index in [1.54, 1.807) is 0 Å². The van der Waals surface area contributed by atoms with E-state index in [0.717, 1.165) is 0 Å². The van der Waals surface area contributed by atoms with Crippen LogP contribution in [0.3, 0.4) is 0 Å². The maximum absolute atomic E-state index is 8.32. The zero-order valence-corrected chi connectivity index (χ0v) is 7.64. The second-order valence-corrected chi connectivity index (χ2v) is 3.60. The van der Waals surface area contributed by atoms with E-state index in [9.17, 15) is 0 Å². The topological polar surface area (TPSA) is 45.0 Å². The summed E-state index contributed by atoms with van der Waals surface area (Å²) in [6.07, 6.45) is 0.468. The lowest BCUT2D eigenvalue weighted by molar-refractivity contribution is -0.0852. The lowest BCUT2D eigenvalue weighted by Gasteiger charge is -2.21. The number of hydrogen-bond donors (Lipinski definition) is 1. The molecule has 1 N–H and O–H groups in total. The summed E-state index contributed by atoms with van der Waals surface area (Å²) in [5.74, 6) is 0. The lowest BCUT2D eigenvalue weighted by Crippen LogP contribution is -2.34. The first-order valence-corrected chi connectivity index (χ1v) is 3.76. The fraction of sp³-hybridized carbons (Fsp3) is 0.875. The molecule has 0 aliphatic heterocycles. The predicted molar refractivity (Wildman–Crippen MR) is 43.7 cm³/mol. The molecular weight excluding hydrogens is 140 g/mol. The van der Waals surface area contributed by atoms with Gasteiger partial charge in [0.15, 0.2) is 0 Å². The van der Waals surface area contributed by atoms with Gasteiger partial charge in [0, 0.05) is 6.04 Å². The van der Waals surface area contributed by atoms with Crippen molar-refractivity contribution >= 4 is 0 Å². The molecule has 0 aliphatic rings. The summed E-state index contributed by atoms with van der Waals surface area (Å²) in [6, 6.07) is 2.16. The molecule has 0 radical (unpaired) electrons. The Balaban J connectivity index is 3.48. The number of nitriles is 1. The Kier molecular flexibility index (Phi) is 4.09. The Morgan fingerprint density at radius 2 is 2.09 bits per heavy atom. The first-order chi connectivity index (χ1) is 4.95. The SMILES string of the molecule is CC(CC#N)NOC(C)(C)C. The number of rotatable bonds is 3. The van der Waals surface area contributed by atoms with Crippen molar-refractivity contribution in [2.75, 3.05) is 0 Å². The normalized spacial score (nSPS) is 14.1. The van der Waals surface area contributed by atoms with Crippen molar-refractivity contribution < 1.29 is 4.84 Å². The van der Waals surface area contributed by atoms with Crippen molar-refractivity contribution in [1.82, 2.24) is 5.48 Å². The molecule has 0 heterocycles. The molecule has 0 aromatic carbocycles. The first-order valence-electron chi connectivity index (χ1n) is 3.76. The number of hydrogen-bond acceptors (Lipinski definition) is 3. The van der Waals surface area contributed by atoms with Gasteiger partial charge in [-0.25, -0.2) is 0 Å². The molecule has 1 atom stereocenters. The molecule has 0 aromatic rings. The summed E-state index contributed by atoms with van der Waals surface area (Å²) >= 11 is 0. The molecule has 64 valence electrons. The Morgan fingerprint density at radius 3 is 2.45 bits per heavy atom. The molecule has 0 aliphatic carbocycles. The van der Waals surface area contributed by atoms with E-state index >= 15 is 0 Å². The van der Waals surface area contributed by atoms with Crippen LogP contribution in [-0.4, -0.2) is 11.6 Å². The van der Waals surface area contributed by atoms with E-state index in [1.807, 2.05) is 27.7 Å². The minimum Gasteiger partial charge on any atom is -0.296 e. The van der Waals surface area contributed by atoms with Crippen LogP contribution in [-0.2, 0) is 4.84 Å². The van der Waals surface area contributed by atoms with Gasteiger partial charge in [-0.1, -0.05) is 0 Å². The summed E-state index contributed by atoms with van der Waals surface area (Å²) in [5, 5.41) is 8.32. The molecule has 0 aromatic heterocycles. The van der Waals surface area contributed by atoms with Crippen LogP contribution < -0.4 is 5.48 Å². The van der Waals surface area contributed by atoms with Crippen LogP contribution >= 0.6 is 0 Å². The Labute approximate surface area is 68.3 Å². The second-order valence-electron chi connectivity index (χ2n) is 3.60. The molecular formula is C8H16N2O. The molecule has 11 heavy (non-hydrogen) atoms. The van der Waals surface area contributed by atoms with Crippen LogP contribution in [0, 0.1) is 11.3 Å². The second kappa shape index (κ2) is 4.32. The molecule has 3 nitrogen and oxygen atoms in total. The van der Waals surface area contributed by atoms with Crippen molar-refractivity contribution in [2.45, 2.75) is 45.8 Å². The van der Waals surface area contributed by atoms with Crippen molar-refractivity contribution in [3.8, 4) is 6.07 Å². The van der Waals surface area contributed by atoms with Crippen LogP contribution in [0.25, 0.3) is 0 Å². The summed E-state index contributed by atoms with van der Waals surface area (Å²) in [4.78, 5) is 5.24. The molecule has 0 bridgehead atoms. The van der Waals surface area contributed by atoms with Crippen molar-refractivity contribution in [3.63, 3.8) is 0 Å². The van der Waals surface area contributed by atoms with Gasteiger partial charge in [0.2, 0.25) is 0 Å². The van der Waals surface area contributed by atoms with E-state index in [0.29, 0.717) is 6.42 Å². The van der Waals surface area contributed by atoms with Crippen LogP contribution in [0.5, 0.6) is 0 Å². The number of nitrogens with one attached hydrogen (secondary N) is 1. The highest BCUT2D eigenvalue weighted by Gasteiger charge is 2.11. The van der Waals surface area contributed by atoms with Gasteiger partial charge in [-0.3, -0.25) is 4.84 Å². The average Bonchev–Trinajstić information content (AvgIpc) is 1.83. The third kappa shape index (κ3) is 7.31. The van der Waals surface area contributed by atoms with E-state index in [2.05, 4.69) is 11.5 Å². The van der Waals surface area contributed by atoms with Gasteiger partial charge in [0.1, 0.15) is 0 Å². The maximum Gasteiger partial charge on any atom is 0.0813 e.